The van der Waals surface area contributed by atoms with Crippen LogP contribution in [0.4, 0.5) is 4.79 Å². The fourth-order valence-corrected chi connectivity index (χ4v) is 1.87. The van der Waals surface area contributed by atoms with E-state index < -0.39 is 29.9 Å². The number of nitrogens with one attached hydrogen (secondary N) is 2. The van der Waals surface area contributed by atoms with Gasteiger partial charge in [-0.25, -0.2) is 4.79 Å². The zero-order valence-electron chi connectivity index (χ0n) is 9.51. The molecule has 4 amide bonds. The summed E-state index contributed by atoms with van der Waals surface area (Å²) in [6.45, 7) is 0.295. The molecule has 0 aromatic rings. The Kier molecular flexibility index (Phi) is 3.17. The smallest absolute Gasteiger partial charge is 0.318 e. The average molecular weight is 255 g/mol. The highest BCUT2D eigenvalue weighted by atomic mass is 16.4. The molecule has 0 radical (unpaired) electrons. The molecule has 8 heteroatoms. The van der Waals surface area contributed by atoms with Crippen molar-refractivity contribution >= 4 is 23.8 Å². The number of carboxylic acids is 1. The third-order valence-corrected chi connectivity index (χ3v) is 3.05. The molecular weight excluding hydrogens is 242 g/mol. The molecule has 0 aromatic heterocycles. The predicted molar refractivity (Wildman–Crippen MR) is 57.4 cm³/mol. The lowest BCUT2D eigenvalue weighted by atomic mass is 10.0. The number of amides is 4. The molecule has 1 unspecified atom stereocenters. The summed E-state index contributed by atoms with van der Waals surface area (Å²) in [4.78, 5) is 45.8. The van der Waals surface area contributed by atoms with E-state index in [1.165, 1.54) is 4.90 Å². The number of carboxylic acid groups (broad SMARTS) is 1. The first-order valence-corrected chi connectivity index (χ1v) is 5.59. The second kappa shape index (κ2) is 4.63. The number of imide groups is 1. The first-order chi connectivity index (χ1) is 8.47. The van der Waals surface area contributed by atoms with Gasteiger partial charge in [-0.05, 0) is 6.42 Å². The fourth-order valence-electron chi connectivity index (χ4n) is 1.87. The minimum absolute atomic E-state index is 0.147. The Morgan fingerprint density at radius 2 is 2.00 bits per heavy atom. The summed E-state index contributed by atoms with van der Waals surface area (Å²) in [7, 11) is 0. The number of urea groups is 1. The lowest BCUT2D eigenvalue weighted by Crippen LogP contribution is -2.60. The van der Waals surface area contributed by atoms with E-state index in [2.05, 4.69) is 10.6 Å². The van der Waals surface area contributed by atoms with Crippen LogP contribution in [-0.2, 0) is 14.4 Å². The Morgan fingerprint density at radius 3 is 2.56 bits per heavy atom. The summed E-state index contributed by atoms with van der Waals surface area (Å²) in [5, 5.41) is 13.3. The molecule has 0 saturated carbocycles. The second-order valence-corrected chi connectivity index (χ2v) is 4.39. The summed E-state index contributed by atoms with van der Waals surface area (Å²) < 4.78 is 0. The molecule has 2 heterocycles. The molecule has 0 aliphatic carbocycles. The highest BCUT2D eigenvalue weighted by Crippen LogP contribution is 2.16. The second-order valence-electron chi connectivity index (χ2n) is 4.39. The minimum Gasteiger partial charge on any atom is -0.481 e. The lowest BCUT2D eigenvalue weighted by molar-refractivity contribution is -0.146. The normalized spacial score (nSPS) is 24.2. The number of aliphatic carboxylic acids is 1. The number of hydrogen-bond acceptors (Lipinski definition) is 4. The van der Waals surface area contributed by atoms with Crippen molar-refractivity contribution in [1.82, 2.24) is 15.5 Å². The van der Waals surface area contributed by atoms with Crippen LogP contribution in [0.1, 0.15) is 12.8 Å². The number of carbonyl (C=O) groups is 4. The van der Waals surface area contributed by atoms with Gasteiger partial charge in [0, 0.05) is 19.5 Å². The molecule has 8 nitrogen and oxygen atoms in total. The van der Waals surface area contributed by atoms with E-state index in [4.69, 9.17) is 5.11 Å². The minimum atomic E-state index is -0.931. The number of hydrogen-bond donors (Lipinski definition) is 3. The largest absolute Gasteiger partial charge is 0.481 e. The Hall–Kier alpha value is -2.12. The van der Waals surface area contributed by atoms with Gasteiger partial charge in [-0.3, -0.25) is 19.7 Å². The number of nitrogens with zero attached hydrogens (tertiary/aromatic N) is 1. The van der Waals surface area contributed by atoms with Crippen LogP contribution in [0.3, 0.4) is 0 Å². The van der Waals surface area contributed by atoms with Gasteiger partial charge in [0.15, 0.2) is 0 Å². The van der Waals surface area contributed by atoms with Crippen molar-refractivity contribution in [2.24, 2.45) is 5.92 Å². The van der Waals surface area contributed by atoms with Crippen molar-refractivity contribution in [3.63, 3.8) is 0 Å². The van der Waals surface area contributed by atoms with Crippen molar-refractivity contribution in [3.05, 3.63) is 0 Å². The van der Waals surface area contributed by atoms with Crippen molar-refractivity contribution in [2.45, 2.75) is 18.9 Å². The van der Waals surface area contributed by atoms with Gasteiger partial charge in [-0.1, -0.05) is 0 Å². The molecule has 2 saturated heterocycles. The average Bonchev–Trinajstić information content (AvgIpc) is 2.19. The first-order valence-electron chi connectivity index (χ1n) is 5.59. The van der Waals surface area contributed by atoms with E-state index >= 15 is 0 Å². The maximum atomic E-state index is 11.6. The third kappa shape index (κ3) is 2.41. The standard InChI is InChI=1S/C10H13N3O5/c14-7-2-1-6(8(15)12-7)11-10(18)13-3-5(4-13)9(16)17/h5-6H,1-4H2,(H,11,18)(H,16,17)(H,12,14,15). The molecule has 98 valence electrons. The highest BCUT2D eigenvalue weighted by molar-refractivity contribution is 6.01. The van der Waals surface area contributed by atoms with Crippen molar-refractivity contribution in [1.29, 1.82) is 0 Å². The van der Waals surface area contributed by atoms with Crippen molar-refractivity contribution < 1.29 is 24.3 Å². The Balaban J connectivity index is 1.80. The molecule has 2 fully saturated rings. The molecule has 0 spiro atoms. The van der Waals surface area contributed by atoms with Gasteiger partial charge in [0.1, 0.15) is 6.04 Å². The number of rotatable bonds is 2. The van der Waals surface area contributed by atoms with E-state index in [1.54, 1.807) is 0 Å². The molecule has 2 aliphatic heterocycles. The van der Waals surface area contributed by atoms with Gasteiger partial charge in [-0.2, -0.15) is 0 Å². The summed E-state index contributed by atoms with van der Waals surface area (Å²) in [5.41, 5.74) is 0. The van der Waals surface area contributed by atoms with Crippen molar-refractivity contribution in [2.75, 3.05) is 13.1 Å². The van der Waals surface area contributed by atoms with Gasteiger partial charge in [0.25, 0.3) is 0 Å². The van der Waals surface area contributed by atoms with E-state index in [9.17, 15) is 19.2 Å². The van der Waals surface area contributed by atoms with Crippen LogP contribution in [-0.4, -0.2) is 53.0 Å². The van der Waals surface area contributed by atoms with Crippen LogP contribution in [0.5, 0.6) is 0 Å². The molecule has 2 aliphatic rings. The first kappa shape index (κ1) is 12.3. The SMILES string of the molecule is O=C1CCC(NC(=O)N2CC(C(=O)O)C2)C(=O)N1. The van der Waals surface area contributed by atoms with Gasteiger partial charge in [-0.15, -0.1) is 0 Å². The van der Waals surface area contributed by atoms with E-state index in [0.717, 1.165) is 0 Å². The third-order valence-electron chi connectivity index (χ3n) is 3.05. The van der Waals surface area contributed by atoms with Crippen LogP contribution < -0.4 is 10.6 Å². The molecule has 3 N–H and O–H groups in total. The Morgan fingerprint density at radius 1 is 1.33 bits per heavy atom. The van der Waals surface area contributed by atoms with E-state index in [-0.39, 0.29) is 31.8 Å². The molecular formula is C10H13N3O5. The zero-order chi connectivity index (χ0) is 13.3. The van der Waals surface area contributed by atoms with E-state index in [0.29, 0.717) is 0 Å². The number of piperidine rings is 1. The van der Waals surface area contributed by atoms with Crippen molar-refractivity contribution in [3.8, 4) is 0 Å². The Bertz CT molecular complexity index is 416. The molecule has 2 rings (SSSR count). The number of carbonyl (C=O) groups excluding carboxylic acids is 3. The molecule has 18 heavy (non-hydrogen) atoms. The lowest BCUT2D eigenvalue weighted by Gasteiger charge is -2.37. The highest BCUT2D eigenvalue weighted by Gasteiger charge is 2.37. The van der Waals surface area contributed by atoms with E-state index in [1.807, 2.05) is 0 Å². The quantitative estimate of drug-likeness (QED) is 0.520. The topological polar surface area (TPSA) is 116 Å². The van der Waals surface area contributed by atoms with Gasteiger partial charge >= 0.3 is 12.0 Å². The Labute approximate surface area is 102 Å². The summed E-state index contributed by atoms with van der Waals surface area (Å²) >= 11 is 0. The zero-order valence-corrected chi connectivity index (χ0v) is 9.51. The maximum Gasteiger partial charge on any atom is 0.318 e. The van der Waals surface area contributed by atoms with Gasteiger partial charge in [0.05, 0.1) is 5.92 Å². The number of likely N-dealkylation sites (tertiary alicyclic amines) is 1. The summed E-state index contributed by atoms with van der Waals surface area (Å²) in [6, 6.07) is -1.19. The van der Waals surface area contributed by atoms with Crippen LogP contribution >= 0.6 is 0 Å². The molecule has 0 bridgehead atoms. The predicted octanol–water partition coefficient (Wildman–Crippen LogP) is -1.48. The van der Waals surface area contributed by atoms with Crippen LogP contribution in [0.2, 0.25) is 0 Å². The van der Waals surface area contributed by atoms with Crippen LogP contribution in [0.15, 0.2) is 0 Å². The maximum absolute atomic E-state index is 11.6. The summed E-state index contributed by atoms with van der Waals surface area (Å²) in [6.07, 6.45) is 0.459. The van der Waals surface area contributed by atoms with Gasteiger partial charge < -0.3 is 15.3 Å². The van der Waals surface area contributed by atoms with Gasteiger partial charge in [0.2, 0.25) is 11.8 Å². The van der Waals surface area contributed by atoms with Crippen LogP contribution in [0.25, 0.3) is 0 Å². The van der Waals surface area contributed by atoms with Crippen LogP contribution in [0, 0.1) is 5.92 Å². The summed E-state index contributed by atoms with van der Waals surface area (Å²) in [5.74, 6) is -2.33. The molecule has 1 atom stereocenters. The monoisotopic (exact) mass is 255 g/mol. The molecule has 0 aromatic carbocycles. The fraction of sp³-hybridized carbons (Fsp3) is 0.600.